The quantitative estimate of drug-likeness (QED) is 0.587. The van der Waals surface area contributed by atoms with Gasteiger partial charge < -0.3 is 5.32 Å². The molecule has 1 aliphatic carbocycles. The molecule has 0 radical (unpaired) electrons. The van der Waals surface area contributed by atoms with E-state index in [1.54, 1.807) is 25.1 Å². The highest BCUT2D eigenvalue weighted by Crippen LogP contribution is 2.42. The van der Waals surface area contributed by atoms with Crippen molar-refractivity contribution in [1.29, 1.82) is 0 Å². The number of pyridine rings is 1. The van der Waals surface area contributed by atoms with Crippen molar-refractivity contribution in [1.82, 2.24) is 14.8 Å². The third-order valence-electron chi connectivity index (χ3n) is 4.68. The minimum atomic E-state index is -2.64. The van der Waals surface area contributed by atoms with Crippen molar-refractivity contribution in [3.05, 3.63) is 51.3 Å². The molecule has 1 saturated carbocycles. The molecule has 9 heteroatoms. The van der Waals surface area contributed by atoms with Gasteiger partial charge in [0.05, 0.1) is 26.8 Å². The third-order valence-corrected chi connectivity index (χ3v) is 5.31. The highest BCUT2D eigenvalue weighted by Gasteiger charge is 2.29. The van der Waals surface area contributed by atoms with Crippen LogP contribution < -0.4 is 5.32 Å². The first-order chi connectivity index (χ1) is 13.3. The summed E-state index contributed by atoms with van der Waals surface area (Å²) in [4.78, 5) is 17.1. The summed E-state index contributed by atoms with van der Waals surface area (Å²) < 4.78 is 28.6. The van der Waals surface area contributed by atoms with Crippen LogP contribution in [0, 0.1) is 6.92 Å². The average Bonchev–Trinajstić information content (AvgIpc) is 3.44. The molecule has 0 atom stereocenters. The Labute approximate surface area is 169 Å². The predicted octanol–water partition coefficient (Wildman–Crippen LogP) is 5.50. The molecule has 2 aromatic heterocycles. The fraction of sp³-hybridized carbons (Fsp3) is 0.316. The summed E-state index contributed by atoms with van der Waals surface area (Å²) in [7, 11) is 0. The van der Waals surface area contributed by atoms with E-state index in [4.69, 9.17) is 23.2 Å². The number of anilines is 1. The molecule has 3 aromatic rings. The van der Waals surface area contributed by atoms with Crippen molar-refractivity contribution < 1.29 is 13.6 Å². The van der Waals surface area contributed by atoms with Gasteiger partial charge in [0.25, 0.3) is 6.43 Å². The van der Waals surface area contributed by atoms with E-state index in [1.165, 1.54) is 10.7 Å². The number of alkyl halides is 2. The van der Waals surface area contributed by atoms with E-state index >= 15 is 0 Å². The second-order valence-corrected chi connectivity index (χ2v) is 7.61. The summed E-state index contributed by atoms with van der Waals surface area (Å²) in [6, 6.07) is 6.34. The van der Waals surface area contributed by atoms with Gasteiger partial charge in [0.2, 0.25) is 5.91 Å². The van der Waals surface area contributed by atoms with Crippen molar-refractivity contribution in [2.24, 2.45) is 0 Å². The number of carbonyl (C=O) groups is 1. The summed E-state index contributed by atoms with van der Waals surface area (Å²) in [6.07, 6.45) is -0.783. The first kappa shape index (κ1) is 19.1. The van der Waals surface area contributed by atoms with Gasteiger partial charge in [-0.2, -0.15) is 5.10 Å². The number of aromatic nitrogens is 3. The van der Waals surface area contributed by atoms with Crippen LogP contribution in [0.2, 0.25) is 10.0 Å². The maximum Gasteiger partial charge on any atom is 0.264 e. The Kier molecular flexibility index (Phi) is 4.97. The monoisotopic (exact) mass is 424 g/mol. The topological polar surface area (TPSA) is 59.8 Å². The number of rotatable bonds is 5. The van der Waals surface area contributed by atoms with Gasteiger partial charge in [-0.05, 0) is 38.0 Å². The Hall–Kier alpha value is -2.25. The van der Waals surface area contributed by atoms with Gasteiger partial charge in [-0.15, -0.1) is 0 Å². The standard InChI is InChI=1S/C19H16Cl2F2N4O/c1-9-16-11(18(22)23)7-14(10-5-6-10)24-19(16)27(26-9)8-15(28)25-17-12(20)3-2-4-13(17)21/h2-4,7,10,18H,5-6,8H2,1H3,(H,25,28). The molecular weight excluding hydrogens is 409 g/mol. The predicted molar refractivity (Wildman–Crippen MR) is 104 cm³/mol. The lowest BCUT2D eigenvalue weighted by molar-refractivity contribution is -0.116. The van der Waals surface area contributed by atoms with Crippen molar-refractivity contribution in [2.45, 2.75) is 38.7 Å². The Morgan fingerprint density at radius 2 is 2.00 bits per heavy atom. The Bertz CT molecular complexity index is 1060. The lowest BCUT2D eigenvalue weighted by Gasteiger charge is -2.10. The first-order valence-electron chi connectivity index (χ1n) is 8.75. The Balaban J connectivity index is 1.70. The number of fused-ring (bicyclic) bond motifs is 1. The zero-order valence-electron chi connectivity index (χ0n) is 14.8. The highest BCUT2D eigenvalue weighted by molar-refractivity contribution is 6.39. The molecule has 1 amide bonds. The molecule has 5 nitrogen and oxygen atoms in total. The number of aryl methyl sites for hydroxylation is 1. The molecule has 28 heavy (non-hydrogen) atoms. The van der Waals surface area contributed by atoms with Crippen molar-refractivity contribution in [3.63, 3.8) is 0 Å². The number of benzene rings is 1. The number of para-hydroxylation sites is 1. The molecule has 0 bridgehead atoms. The van der Waals surface area contributed by atoms with Crippen LogP contribution in [0.5, 0.6) is 0 Å². The van der Waals surface area contributed by atoms with E-state index in [-0.39, 0.29) is 23.7 Å². The van der Waals surface area contributed by atoms with E-state index < -0.39 is 12.3 Å². The second kappa shape index (κ2) is 7.29. The molecule has 0 saturated heterocycles. The molecule has 0 unspecified atom stereocenters. The summed E-state index contributed by atoms with van der Waals surface area (Å²) in [5.74, 6) is -0.238. The minimum absolute atomic E-state index is 0.0924. The van der Waals surface area contributed by atoms with Gasteiger partial charge in [0.1, 0.15) is 6.54 Å². The molecular formula is C19H16Cl2F2N4O. The van der Waals surface area contributed by atoms with Crippen LogP contribution in [0.15, 0.2) is 24.3 Å². The van der Waals surface area contributed by atoms with Crippen LogP contribution in [0.25, 0.3) is 11.0 Å². The van der Waals surface area contributed by atoms with Crippen LogP contribution in [0.1, 0.15) is 42.1 Å². The molecule has 1 N–H and O–H groups in total. The van der Waals surface area contributed by atoms with Crippen LogP contribution in [0.3, 0.4) is 0 Å². The fourth-order valence-corrected chi connectivity index (χ4v) is 3.70. The lowest BCUT2D eigenvalue weighted by Crippen LogP contribution is -2.20. The maximum absolute atomic E-state index is 13.6. The summed E-state index contributed by atoms with van der Waals surface area (Å²) >= 11 is 12.2. The van der Waals surface area contributed by atoms with E-state index in [1.807, 2.05) is 0 Å². The summed E-state index contributed by atoms with van der Waals surface area (Å²) in [5, 5.41) is 7.82. The third kappa shape index (κ3) is 3.56. The van der Waals surface area contributed by atoms with Crippen LogP contribution >= 0.6 is 23.2 Å². The smallest absolute Gasteiger partial charge is 0.264 e. The van der Waals surface area contributed by atoms with E-state index in [0.29, 0.717) is 32.5 Å². The highest BCUT2D eigenvalue weighted by atomic mass is 35.5. The molecule has 146 valence electrons. The lowest BCUT2D eigenvalue weighted by atomic mass is 10.1. The SMILES string of the molecule is Cc1nn(CC(=O)Nc2c(Cl)cccc2Cl)c2nc(C3CC3)cc(C(F)F)c12. The molecule has 1 aliphatic rings. The van der Waals surface area contributed by atoms with Crippen LogP contribution in [-0.2, 0) is 11.3 Å². The van der Waals surface area contributed by atoms with Crippen molar-refractivity contribution >= 4 is 45.8 Å². The van der Waals surface area contributed by atoms with Gasteiger partial charge in [0.15, 0.2) is 5.65 Å². The number of carbonyl (C=O) groups excluding carboxylic acids is 1. The second-order valence-electron chi connectivity index (χ2n) is 6.80. The molecule has 2 heterocycles. The Morgan fingerprint density at radius 1 is 1.32 bits per heavy atom. The van der Waals surface area contributed by atoms with Crippen molar-refractivity contribution in [2.75, 3.05) is 5.32 Å². The van der Waals surface area contributed by atoms with Gasteiger partial charge >= 0.3 is 0 Å². The normalized spacial score (nSPS) is 14.1. The van der Waals surface area contributed by atoms with Gasteiger partial charge in [0, 0.05) is 17.2 Å². The number of hydrogen-bond donors (Lipinski definition) is 1. The van der Waals surface area contributed by atoms with Crippen molar-refractivity contribution in [3.8, 4) is 0 Å². The summed E-state index contributed by atoms with van der Waals surface area (Å²) in [5.41, 5.74) is 1.52. The maximum atomic E-state index is 13.6. The first-order valence-corrected chi connectivity index (χ1v) is 9.50. The molecule has 0 aliphatic heterocycles. The Morgan fingerprint density at radius 3 is 2.61 bits per heavy atom. The van der Waals surface area contributed by atoms with Crippen LogP contribution in [0.4, 0.5) is 14.5 Å². The van der Waals surface area contributed by atoms with Crippen LogP contribution in [-0.4, -0.2) is 20.7 Å². The van der Waals surface area contributed by atoms with E-state index in [2.05, 4.69) is 15.4 Å². The fourth-order valence-electron chi connectivity index (χ4n) is 3.21. The largest absolute Gasteiger partial charge is 0.322 e. The number of nitrogens with one attached hydrogen (secondary N) is 1. The molecule has 0 spiro atoms. The van der Waals surface area contributed by atoms with Gasteiger partial charge in [-0.1, -0.05) is 29.3 Å². The number of amides is 1. The number of halogens is 4. The molecule has 4 rings (SSSR count). The van der Waals surface area contributed by atoms with E-state index in [0.717, 1.165) is 12.8 Å². The molecule has 1 fully saturated rings. The number of nitrogens with zero attached hydrogens (tertiary/aromatic N) is 3. The van der Waals surface area contributed by atoms with Gasteiger partial charge in [-0.3, -0.25) is 4.79 Å². The number of hydrogen-bond acceptors (Lipinski definition) is 3. The summed E-state index contributed by atoms with van der Waals surface area (Å²) in [6.45, 7) is 1.43. The molecule has 1 aromatic carbocycles. The average molecular weight is 425 g/mol. The van der Waals surface area contributed by atoms with E-state index in [9.17, 15) is 13.6 Å². The zero-order chi connectivity index (χ0) is 20.0. The van der Waals surface area contributed by atoms with Gasteiger partial charge in [-0.25, -0.2) is 18.4 Å². The zero-order valence-corrected chi connectivity index (χ0v) is 16.4. The minimum Gasteiger partial charge on any atom is -0.322 e.